The van der Waals surface area contributed by atoms with Gasteiger partial charge in [-0.3, -0.25) is 0 Å². The van der Waals surface area contributed by atoms with E-state index in [1.165, 1.54) is 66.7 Å². The fourth-order valence-corrected chi connectivity index (χ4v) is 11.6. The molecule has 5 heteroatoms. The molecule has 4 heterocycles. The molecule has 1 aliphatic carbocycles. The summed E-state index contributed by atoms with van der Waals surface area (Å²) in [6.45, 7) is 18.3. The van der Waals surface area contributed by atoms with E-state index in [1.807, 2.05) is 6.26 Å². The molecule has 0 spiro atoms. The number of nitrogens with zero attached hydrogens (tertiary/aromatic N) is 2. The first kappa shape index (κ1) is 39.2. The van der Waals surface area contributed by atoms with Crippen LogP contribution in [-0.2, 0) is 16.2 Å². The number of rotatable bonds is 3. The average molecular weight is 855 g/mol. The molecule has 2 aliphatic heterocycles. The van der Waals surface area contributed by atoms with Gasteiger partial charge in [0.25, 0.3) is 0 Å². The summed E-state index contributed by atoms with van der Waals surface area (Å²) in [5.41, 5.74) is 23.1. The van der Waals surface area contributed by atoms with Crippen LogP contribution in [0.5, 0.6) is 0 Å². The summed E-state index contributed by atoms with van der Waals surface area (Å²) in [5.74, 6) is 0. The highest BCUT2D eigenvalue weighted by Crippen LogP contribution is 2.57. The third-order valence-corrected chi connectivity index (χ3v) is 15.0. The number of para-hydroxylation sites is 1. The summed E-state index contributed by atoms with van der Waals surface area (Å²) in [6.07, 6.45) is 1.83. The van der Waals surface area contributed by atoms with Crippen LogP contribution in [0, 0.1) is 0 Å². The van der Waals surface area contributed by atoms with Gasteiger partial charge in [0.2, 0.25) is 0 Å². The molecule has 10 aromatic rings. The minimum atomic E-state index is -0.236. The Hall–Kier alpha value is -7.24. The van der Waals surface area contributed by atoms with Crippen LogP contribution in [0.1, 0.15) is 77.6 Å². The zero-order chi connectivity index (χ0) is 45.0. The van der Waals surface area contributed by atoms with Crippen LogP contribution in [0.15, 0.2) is 173 Å². The molecule has 66 heavy (non-hydrogen) atoms. The van der Waals surface area contributed by atoms with Crippen molar-refractivity contribution in [2.45, 2.75) is 71.6 Å². The lowest BCUT2D eigenvalue weighted by atomic mass is 9.43. The highest BCUT2D eigenvalue weighted by molar-refractivity contribution is 6.94. The number of fused-ring (bicyclic) bond motifs is 12. The molecule has 0 radical (unpaired) electrons. The van der Waals surface area contributed by atoms with E-state index in [4.69, 9.17) is 8.83 Å². The second kappa shape index (κ2) is 13.4. The van der Waals surface area contributed by atoms with Crippen molar-refractivity contribution in [3.8, 4) is 33.4 Å². The highest BCUT2D eigenvalue weighted by Gasteiger charge is 2.49. The second-order valence-corrected chi connectivity index (χ2v) is 21.4. The predicted molar refractivity (Wildman–Crippen MR) is 278 cm³/mol. The van der Waals surface area contributed by atoms with E-state index in [9.17, 15) is 0 Å². The van der Waals surface area contributed by atoms with Crippen molar-refractivity contribution in [3.63, 3.8) is 0 Å². The predicted octanol–water partition coefficient (Wildman–Crippen LogP) is 15.6. The summed E-state index contributed by atoms with van der Waals surface area (Å²) >= 11 is 0. The summed E-state index contributed by atoms with van der Waals surface area (Å²) in [7, 11) is 0. The monoisotopic (exact) mass is 854 g/mol. The fraction of sp³-hybridized carbons (Fsp3) is 0.180. The summed E-state index contributed by atoms with van der Waals surface area (Å²) in [4.78, 5) is 5.19. The van der Waals surface area contributed by atoms with Gasteiger partial charge < -0.3 is 18.5 Å². The lowest BCUT2D eigenvalue weighted by Gasteiger charge is -2.46. The lowest BCUT2D eigenvalue weighted by Crippen LogP contribution is -2.61. The van der Waals surface area contributed by atoms with E-state index in [1.54, 1.807) is 0 Å². The fourth-order valence-electron chi connectivity index (χ4n) is 11.6. The van der Waals surface area contributed by atoms with Crippen molar-refractivity contribution in [2.75, 3.05) is 9.71 Å². The van der Waals surface area contributed by atoms with Crippen LogP contribution < -0.4 is 20.6 Å². The van der Waals surface area contributed by atoms with Gasteiger partial charge in [0, 0.05) is 61.0 Å². The van der Waals surface area contributed by atoms with Gasteiger partial charge in [0.05, 0.1) is 12.0 Å². The van der Waals surface area contributed by atoms with E-state index in [0.29, 0.717) is 0 Å². The normalized spacial score (nSPS) is 14.7. The summed E-state index contributed by atoms with van der Waals surface area (Å²) in [5, 5.41) is 3.29. The molecule has 0 saturated carbocycles. The maximum Gasteiger partial charge on any atom is 0.333 e. The first-order valence-electron chi connectivity index (χ1n) is 23.4. The van der Waals surface area contributed by atoms with Gasteiger partial charge in [-0.1, -0.05) is 146 Å². The largest absolute Gasteiger partial charge is 0.464 e. The van der Waals surface area contributed by atoms with Crippen molar-refractivity contribution in [2.24, 2.45) is 0 Å². The smallest absolute Gasteiger partial charge is 0.333 e. The molecular formula is C61H51BN2O2. The molecule has 3 aliphatic rings. The first-order chi connectivity index (χ1) is 31.8. The van der Waals surface area contributed by atoms with Crippen molar-refractivity contribution in [1.29, 1.82) is 0 Å². The van der Waals surface area contributed by atoms with Gasteiger partial charge >= 0.3 is 6.85 Å². The Kier molecular flexibility index (Phi) is 7.96. The average Bonchev–Trinajstić information content (AvgIpc) is 3.99. The third kappa shape index (κ3) is 5.46. The molecule has 0 N–H and O–H groups in total. The van der Waals surface area contributed by atoms with Crippen molar-refractivity contribution in [3.05, 3.63) is 186 Å². The Labute approximate surface area is 387 Å². The number of hydrogen-bond donors (Lipinski definition) is 0. The molecular weight excluding hydrogens is 803 g/mol. The van der Waals surface area contributed by atoms with E-state index in [2.05, 4.69) is 223 Å². The highest BCUT2D eigenvalue weighted by atomic mass is 16.3. The molecule has 2 aromatic heterocycles. The molecule has 320 valence electrons. The molecule has 0 saturated heterocycles. The van der Waals surface area contributed by atoms with Crippen molar-refractivity contribution in [1.82, 2.24) is 0 Å². The lowest BCUT2D eigenvalue weighted by molar-refractivity contribution is 0.590. The standard InChI is InChI=1S/C61H51BN2O2/c1-59(2,3)38-22-25-40(26-23-38)64-51-34-48-44(41-18-12-14-20-47(41)61(48,7)8)32-46(51)56-57-53(33-45-42-19-13-15-21-54(42)66-58(45)56)63(52-30-37-28-29-65-55(37)35-49(52)62(57)64)50-27-24-39(60(4,5)6)31-43(50)36-16-10-9-11-17-36/h9-35H,1-8H3. The molecule has 0 unspecified atom stereocenters. The Morgan fingerprint density at radius 2 is 1.24 bits per heavy atom. The molecule has 13 rings (SSSR count). The molecule has 0 fully saturated rings. The first-order valence-corrected chi connectivity index (χ1v) is 23.4. The summed E-state index contributed by atoms with van der Waals surface area (Å²) < 4.78 is 13.5. The molecule has 0 atom stereocenters. The van der Waals surface area contributed by atoms with Crippen LogP contribution in [-0.4, -0.2) is 6.85 Å². The minimum absolute atomic E-state index is 0.00343. The van der Waals surface area contributed by atoms with E-state index in [0.717, 1.165) is 61.2 Å². The van der Waals surface area contributed by atoms with Crippen LogP contribution in [0.25, 0.3) is 66.3 Å². The second-order valence-electron chi connectivity index (χ2n) is 21.4. The quantitative estimate of drug-likeness (QED) is 0.166. The maximum atomic E-state index is 7.18. The number of anilines is 5. The maximum absolute atomic E-state index is 7.18. The van der Waals surface area contributed by atoms with Crippen LogP contribution in [0.4, 0.5) is 28.4 Å². The molecule has 4 nitrogen and oxygen atoms in total. The van der Waals surface area contributed by atoms with Crippen molar-refractivity contribution >= 4 is 79.1 Å². The Bertz CT molecular complexity index is 3650. The van der Waals surface area contributed by atoms with Crippen LogP contribution >= 0.6 is 0 Å². The van der Waals surface area contributed by atoms with Crippen LogP contribution in [0.2, 0.25) is 0 Å². The molecule has 0 bridgehead atoms. The van der Waals surface area contributed by atoms with Crippen molar-refractivity contribution < 1.29 is 8.83 Å². The minimum Gasteiger partial charge on any atom is -0.464 e. The SMILES string of the molecule is CC(C)(C)c1ccc(N2B3c4cc5occc5cc4N(c4ccc(C(C)(C)C)cc4-c4ccccc4)c4cc5c(oc6ccccc65)c(c43)-c3cc4c(cc32)C(C)(C)c2ccccc2-4)cc1. The van der Waals surface area contributed by atoms with Gasteiger partial charge in [-0.05, 0) is 127 Å². The van der Waals surface area contributed by atoms with Gasteiger partial charge in [0.15, 0.2) is 0 Å². The molecule has 8 aromatic carbocycles. The Balaban J connectivity index is 1.21. The van der Waals surface area contributed by atoms with E-state index >= 15 is 0 Å². The zero-order valence-corrected chi connectivity index (χ0v) is 38.9. The Morgan fingerprint density at radius 3 is 2.03 bits per heavy atom. The third-order valence-electron chi connectivity index (χ3n) is 15.0. The van der Waals surface area contributed by atoms with Gasteiger partial charge in [-0.25, -0.2) is 0 Å². The summed E-state index contributed by atoms with van der Waals surface area (Å²) in [6, 6.07) is 59.2. The zero-order valence-electron chi connectivity index (χ0n) is 38.9. The molecule has 0 amide bonds. The van der Waals surface area contributed by atoms with Gasteiger partial charge in [-0.15, -0.1) is 0 Å². The number of furan rings is 2. The van der Waals surface area contributed by atoms with Crippen LogP contribution in [0.3, 0.4) is 0 Å². The van der Waals surface area contributed by atoms with E-state index < -0.39 is 0 Å². The van der Waals surface area contributed by atoms with Gasteiger partial charge in [0.1, 0.15) is 16.7 Å². The van der Waals surface area contributed by atoms with E-state index in [-0.39, 0.29) is 23.1 Å². The van der Waals surface area contributed by atoms with Gasteiger partial charge in [-0.2, -0.15) is 0 Å². The Morgan fingerprint density at radius 1 is 0.515 bits per heavy atom. The topological polar surface area (TPSA) is 32.8 Å². The number of hydrogen-bond acceptors (Lipinski definition) is 4. The number of benzene rings is 8.